The van der Waals surface area contributed by atoms with Gasteiger partial charge in [-0.15, -0.1) is 0 Å². The Morgan fingerprint density at radius 2 is 1.00 bits per heavy atom. The van der Waals surface area contributed by atoms with Gasteiger partial charge in [-0.2, -0.15) is 17.2 Å². The van der Waals surface area contributed by atoms with Gasteiger partial charge in [-0.3, -0.25) is 0 Å². The number of hydrogen-bond acceptors (Lipinski definition) is 7. The molecule has 0 saturated carbocycles. The maximum absolute atomic E-state index is 9.24. The summed E-state index contributed by atoms with van der Waals surface area (Å²) in [6.45, 7) is 0. The van der Waals surface area contributed by atoms with E-state index in [1.807, 2.05) is 0 Å². The topological polar surface area (TPSA) is 136 Å². The standard InChI is InChI=1S/O5P2.2O.2V/c1-6(2)5-7(3)4;;;;/q-4;;;2*+2. The van der Waals surface area contributed by atoms with Gasteiger partial charge in [-0.05, 0) is 0 Å². The molecule has 0 aromatic rings. The van der Waals surface area contributed by atoms with E-state index in [1.54, 1.807) is 0 Å². The molecule has 0 unspecified atom stereocenters. The number of hydrogen-bond donors (Lipinski definition) is 0. The fourth-order valence-corrected chi connectivity index (χ4v) is 0.490. The van der Waals surface area contributed by atoms with Gasteiger partial charge in [0.25, 0.3) is 0 Å². The molecule has 0 aliphatic carbocycles. The zero-order valence-electron chi connectivity index (χ0n) is 4.65. The fourth-order valence-electron chi connectivity index (χ4n) is 0.0544. The summed E-state index contributed by atoms with van der Waals surface area (Å²) >= 11 is 2.12. The average Bonchev–Trinajstić information content (AvgIpc) is 1.93. The minimum atomic E-state index is -3.24. The second kappa shape index (κ2) is 17.5. The molecule has 62 valence electrons. The quantitative estimate of drug-likeness (QED) is 0.480. The van der Waals surface area contributed by atoms with E-state index in [1.165, 1.54) is 0 Å². The molecule has 0 aromatic carbocycles. The van der Waals surface area contributed by atoms with Crippen molar-refractivity contribution in [2.75, 3.05) is 0 Å². The molecule has 0 radical (unpaired) electrons. The average molecular weight is 276 g/mol. The first kappa shape index (κ1) is 18.3. The van der Waals surface area contributed by atoms with E-state index < -0.39 is 17.2 Å². The van der Waals surface area contributed by atoms with Gasteiger partial charge >= 0.3 is 42.1 Å². The first-order valence-electron chi connectivity index (χ1n) is 1.46. The first-order chi connectivity index (χ1) is 5.13. The molecule has 11 heavy (non-hydrogen) atoms. The molecule has 0 saturated heterocycles. The summed E-state index contributed by atoms with van der Waals surface area (Å²) in [5.74, 6) is 0. The third-order valence-corrected chi connectivity index (χ3v) is 1.20. The summed E-state index contributed by atoms with van der Waals surface area (Å²) in [5.41, 5.74) is 0. The van der Waals surface area contributed by atoms with E-state index in [0.29, 0.717) is 0 Å². The van der Waals surface area contributed by atoms with Crippen LogP contribution < -0.4 is 19.6 Å². The van der Waals surface area contributed by atoms with Crippen molar-refractivity contribution < 1.29 is 66.0 Å². The van der Waals surface area contributed by atoms with E-state index in [9.17, 15) is 19.6 Å². The van der Waals surface area contributed by atoms with Crippen LogP contribution in [0.1, 0.15) is 0 Å². The van der Waals surface area contributed by atoms with Crippen LogP contribution in [0.4, 0.5) is 0 Å². The van der Waals surface area contributed by atoms with Crippen LogP contribution >= 0.6 is 17.2 Å². The van der Waals surface area contributed by atoms with Crippen molar-refractivity contribution in [2.24, 2.45) is 0 Å². The Morgan fingerprint density at radius 3 is 1.00 bits per heavy atom. The summed E-state index contributed by atoms with van der Waals surface area (Å²) in [6.07, 6.45) is 0. The normalized spacial score (nSPS) is 8.18. The van der Waals surface area contributed by atoms with Crippen molar-refractivity contribution >= 4 is 17.2 Å². The van der Waals surface area contributed by atoms with Gasteiger partial charge in [0, 0.05) is 0 Å². The van der Waals surface area contributed by atoms with Crippen LogP contribution in [-0.2, 0) is 46.4 Å². The van der Waals surface area contributed by atoms with Crippen molar-refractivity contribution in [3.8, 4) is 0 Å². The zero-order chi connectivity index (χ0) is 9.86. The van der Waals surface area contributed by atoms with E-state index in [-0.39, 0.29) is 0 Å². The van der Waals surface area contributed by atoms with Crippen molar-refractivity contribution in [2.45, 2.75) is 0 Å². The summed E-state index contributed by atoms with van der Waals surface area (Å²) in [7, 11) is -6.47. The van der Waals surface area contributed by atoms with Crippen LogP contribution in [0.2, 0.25) is 0 Å². The third-order valence-electron chi connectivity index (χ3n) is 0.133. The van der Waals surface area contributed by atoms with Crippen LogP contribution in [0.5, 0.6) is 0 Å². The summed E-state index contributed by atoms with van der Waals surface area (Å²) in [6, 6.07) is 0. The van der Waals surface area contributed by atoms with Crippen molar-refractivity contribution in [3.05, 3.63) is 0 Å². The van der Waals surface area contributed by atoms with Crippen LogP contribution in [0.15, 0.2) is 0 Å². The molecule has 0 bridgehead atoms. The molecular weight excluding hydrogens is 276 g/mol. The van der Waals surface area contributed by atoms with Gasteiger partial charge in [0.05, 0.1) is 0 Å². The Labute approximate surface area is 83.2 Å². The van der Waals surface area contributed by atoms with Crippen LogP contribution in [0.3, 0.4) is 0 Å². The summed E-state index contributed by atoms with van der Waals surface area (Å²) < 4.78 is 19.5. The second-order valence-corrected chi connectivity index (χ2v) is 2.08. The SMILES string of the molecule is [O-]P([O-])OP([O-])[O-].[O]=[V+2].[O]=[V+2]. The molecule has 0 heterocycles. The molecule has 0 spiro atoms. The Bertz CT molecular complexity index is 59.5. The Balaban J connectivity index is -0.000000138. The van der Waals surface area contributed by atoms with E-state index in [4.69, 9.17) is 7.35 Å². The Kier molecular flexibility index (Phi) is 29.0. The monoisotopic (exact) mass is 276 g/mol. The molecule has 0 N–H and O–H groups in total. The minimum absolute atomic E-state index is 1.06. The fraction of sp³-hybridized carbons (Fsp3) is 0. The van der Waals surface area contributed by atoms with Gasteiger partial charge in [0.15, 0.2) is 0 Å². The van der Waals surface area contributed by atoms with E-state index >= 15 is 0 Å². The summed E-state index contributed by atoms with van der Waals surface area (Å²) in [5, 5.41) is 0. The first-order valence-corrected chi connectivity index (χ1v) is 4.79. The van der Waals surface area contributed by atoms with E-state index in [2.05, 4.69) is 4.31 Å². The third kappa shape index (κ3) is 34.5. The van der Waals surface area contributed by atoms with Gasteiger partial charge in [0.1, 0.15) is 0 Å². The Morgan fingerprint density at radius 1 is 0.818 bits per heavy atom. The van der Waals surface area contributed by atoms with Crippen molar-refractivity contribution in [3.63, 3.8) is 0 Å². The number of rotatable bonds is 2. The molecular formula is O7P2V2. The molecule has 0 amide bonds. The van der Waals surface area contributed by atoms with Crippen LogP contribution in [0, 0.1) is 0 Å². The second-order valence-electron chi connectivity index (χ2n) is 0.529. The van der Waals surface area contributed by atoms with Gasteiger partial charge < -0.3 is 23.9 Å². The molecule has 7 nitrogen and oxygen atoms in total. The molecule has 0 rings (SSSR count). The maximum atomic E-state index is 9.24. The summed E-state index contributed by atoms with van der Waals surface area (Å²) in [4.78, 5) is 37.0. The van der Waals surface area contributed by atoms with E-state index in [0.717, 1.165) is 34.7 Å². The van der Waals surface area contributed by atoms with Crippen LogP contribution in [-0.4, -0.2) is 0 Å². The molecule has 0 aromatic heterocycles. The molecule has 11 heteroatoms. The Hall–Kier alpha value is 1.43. The van der Waals surface area contributed by atoms with Gasteiger partial charge in [-0.1, -0.05) is 0 Å². The van der Waals surface area contributed by atoms with Gasteiger partial charge in [0.2, 0.25) is 0 Å². The van der Waals surface area contributed by atoms with Crippen molar-refractivity contribution in [1.29, 1.82) is 0 Å². The molecule has 0 atom stereocenters. The molecule has 0 fully saturated rings. The predicted octanol–water partition coefficient (Wildman–Crippen LogP) is -3.34. The predicted molar refractivity (Wildman–Crippen MR) is 16.3 cm³/mol. The van der Waals surface area contributed by atoms with Gasteiger partial charge in [-0.25, -0.2) is 0 Å². The van der Waals surface area contributed by atoms with Crippen LogP contribution in [0.25, 0.3) is 0 Å². The molecule has 0 aliphatic rings. The molecule has 0 aliphatic heterocycles. The van der Waals surface area contributed by atoms with Crippen molar-refractivity contribution in [1.82, 2.24) is 0 Å². The zero-order valence-corrected chi connectivity index (χ0v) is 9.23.